The summed E-state index contributed by atoms with van der Waals surface area (Å²) in [7, 11) is 0. The Hall–Kier alpha value is 0.170. The summed E-state index contributed by atoms with van der Waals surface area (Å²) in [6, 6.07) is 0. The number of nitrogens with zero attached hydrogens (tertiary/aromatic N) is 1. The minimum absolute atomic E-state index is 0. The summed E-state index contributed by atoms with van der Waals surface area (Å²) in [6.45, 7) is 5.67. The van der Waals surface area contributed by atoms with Gasteiger partial charge in [-0.05, 0) is 39.2 Å². The Labute approximate surface area is 110 Å². The summed E-state index contributed by atoms with van der Waals surface area (Å²) in [5.74, 6) is 0. The van der Waals surface area contributed by atoms with Crippen LogP contribution in [-0.2, 0) is 4.74 Å². The van der Waals surface area contributed by atoms with Crippen molar-refractivity contribution in [3.63, 3.8) is 0 Å². The average molecular weight is 209 g/mol. The van der Waals surface area contributed by atoms with Gasteiger partial charge in [0.05, 0.1) is 5.71 Å². The number of hydrogen-bond acceptors (Lipinski definition) is 3. The van der Waals surface area contributed by atoms with Crippen LogP contribution in [0.5, 0.6) is 0 Å². The van der Waals surface area contributed by atoms with Crippen LogP contribution in [0.2, 0.25) is 0 Å². The summed E-state index contributed by atoms with van der Waals surface area (Å²) < 4.78 is 4.83. The molecule has 0 aromatic heterocycles. The Morgan fingerprint density at radius 3 is 2.36 bits per heavy atom. The number of rotatable bonds is 2. The molecule has 0 aromatic carbocycles. The zero-order valence-electron chi connectivity index (χ0n) is 10.5. The molecule has 1 aliphatic carbocycles. The summed E-state index contributed by atoms with van der Waals surface area (Å²) in [6.07, 6.45) is 7.06. The standard InChI is InChI=1S/C6H9NO.C4H10O.Na.H/c8-7-6-4-2-1-3-5-6;1-3-5-4-2;;/h2,4,8H,1,3,5H2;3-4H2,1-2H3;;/q;;+1;-1/b7-6+;;;. The number of hydrogen-bond donors (Lipinski definition) is 1. The molecule has 3 nitrogen and oxygen atoms in total. The normalized spacial score (nSPS) is 16.9. The molecule has 0 bridgehead atoms. The third-order valence-electron chi connectivity index (χ3n) is 1.65. The van der Waals surface area contributed by atoms with Gasteiger partial charge in [-0.3, -0.25) is 0 Å². The maximum Gasteiger partial charge on any atom is 1.00 e. The first kappa shape index (κ1) is 16.6. The topological polar surface area (TPSA) is 41.8 Å². The van der Waals surface area contributed by atoms with E-state index in [0.717, 1.165) is 38.2 Å². The Bertz CT molecular complexity index is 173. The Balaban J connectivity index is -0.000000185. The van der Waals surface area contributed by atoms with Crippen molar-refractivity contribution in [2.24, 2.45) is 5.16 Å². The van der Waals surface area contributed by atoms with Gasteiger partial charge < -0.3 is 11.4 Å². The van der Waals surface area contributed by atoms with Crippen LogP contribution < -0.4 is 29.6 Å². The van der Waals surface area contributed by atoms with Gasteiger partial charge in [-0.1, -0.05) is 11.2 Å². The van der Waals surface area contributed by atoms with Gasteiger partial charge in [0.1, 0.15) is 0 Å². The maximum absolute atomic E-state index is 8.23. The molecule has 1 N–H and O–H groups in total. The van der Waals surface area contributed by atoms with Gasteiger partial charge in [0.15, 0.2) is 0 Å². The summed E-state index contributed by atoms with van der Waals surface area (Å²) in [5.41, 5.74) is 0.802. The molecule has 1 rings (SSSR count). The van der Waals surface area contributed by atoms with E-state index in [1.54, 1.807) is 0 Å². The molecule has 0 aliphatic heterocycles. The average Bonchev–Trinajstić information content (AvgIpc) is 2.21. The molecule has 0 saturated heterocycles. The van der Waals surface area contributed by atoms with E-state index in [4.69, 9.17) is 9.94 Å². The number of ether oxygens (including phenoxy) is 1. The van der Waals surface area contributed by atoms with Gasteiger partial charge in [-0.15, -0.1) is 0 Å². The Morgan fingerprint density at radius 2 is 2.14 bits per heavy atom. The van der Waals surface area contributed by atoms with Crippen LogP contribution in [0.25, 0.3) is 0 Å². The molecular weight excluding hydrogens is 189 g/mol. The zero-order chi connectivity index (χ0) is 9.94. The van der Waals surface area contributed by atoms with E-state index in [1.807, 2.05) is 26.0 Å². The zero-order valence-corrected chi connectivity index (χ0v) is 11.5. The van der Waals surface area contributed by atoms with E-state index in [1.165, 1.54) is 0 Å². The van der Waals surface area contributed by atoms with Crippen LogP contribution in [0, 0.1) is 0 Å². The van der Waals surface area contributed by atoms with Gasteiger partial charge in [0, 0.05) is 13.2 Å². The fraction of sp³-hybridized carbons (Fsp3) is 0.700. The second kappa shape index (κ2) is 13.2. The molecule has 0 unspecified atom stereocenters. The van der Waals surface area contributed by atoms with E-state index in [2.05, 4.69) is 5.16 Å². The van der Waals surface area contributed by atoms with Crippen LogP contribution >= 0.6 is 0 Å². The van der Waals surface area contributed by atoms with E-state index in [9.17, 15) is 0 Å². The molecule has 1 aliphatic rings. The van der Waals surface area contributed by atoms with Gasteiger partial charge in [0.25, 0.3) is 0 Å². The van der Waals surface area contributed by atoms with Crippen LogP contribution in [-0.4, -0.2) is 24.1 Å². The molecule has 0 aromatic rings. The van der Waals surface area contributed by atoms with E-state index in [0.29, 0.717) is 0 Å². The fourth-order valence-electron chi connectivity index (χ4n) is 0.991. The molecular formula is C10H20NNaO2. The molecule has 14 heavy (non-hydrogen) atoms. The first-order chi connectivity index (χ1) is 6.35. The van der Waals surface area contributed by atoms with Crippen molar-refractivity contribution in [2.45, 2.75) is 33.1 Å². The molecule has 0 spiro atoms. The molecule has 0 saturated carbocycles. The van der Waals surface area contributed by atoms with Crippen LogP contribution in [0.15, 0.2) is 17.3 Å². The van der Waals surface area contributed by atoms with Crippen LogP contribution in [0.4, 0.5) is 0 Å². The van der Waals surface area contributed by atoms with Crippen LogP contribution in [0.3, 0.4) is 0 Å². The van der Waals surface area contributed by atoms with Gasteiger partial charge in [-0.25, -0.2) is 0 Å². The summed E-state index contributed by atoms with van der Waals surface area (Å²) in [4.78, 5) is 0. The Morgan fingerprint density at radius 1 is 1.50 bits per heavy atom. The maximum atomic E-state index is 8.23. The fourth-order valence-corrected chi connectivity index (χ4v) is 0.991. The van der Waals surface area contributed by atoms with Gasteiger partial charge in [0.2, 0.25) is 0 Å². The molecule has 0 radical (unpaired) electrons. The van der Waals surface area contributed by atoms with Gasteiger partial charge in [-0.2, -0.15) is 0 Å². The van der Waals surface area contributed by atoms with Crippen LogP contribution in [0.1, 0.15) is 34.5 Å². The smallest absolute Gasteiger partial charge is 1.00 e. The molecule has 0 fully saturated rings. The van der Waals surface area contributed by atoms with Crippen molar-refractivity contribution >= 4 is 5.71 Å². The van der Waals surface area contributed by atoms with E-state index < -0.39 is 0 Å². The quantitative estimate of drug-likeness (QED) is 0.386. The van der Waals surface area contributed by atoms with E-state index in [-0.39, 0.29) is 31.0 Å². The monoisotopic (exact) mass is 209 g/mol. The predicted molar refractivity (Wildman–Crippen MR) is 55.5 cm³/mol. The summed E-state index contributed by atoms with van der Waals surface area (Å²) >= 11 is 0. The van der Waals surface area contributed by atoms with E-state index >= 15 is 0 Å². The molecule has 78 valence electrons. The SMILES string of the molecule is CCOCC.O/N=C1\C=CCCC1.[H-].[Na+]. The number of oxime groups is 1. The third-order valence-corrected chi connectivity index (χ3v) is 1.65. The molecule has 0 heterocycles. The molecule has 4 heteroatoms. The van der Waals surface area contributed by atoms with Crippen molar-refractivity contribution in [2.75, 3.05) is 13.2 Å². The van der Waals surface area contributed by atoms with Crippen molar-refractivity contribution in [1.82, 2.24) is 0 Å². The summed E-state index contributed by atoms with van der Waals surface area (Å²) in [5, 5.41) is 11.3. The predicted octanol–water partition coefficient (Wildman–Crippen LogP) is -0.284. The first-order valence-electron chi connectivity index (χ1n) is 4.80. The van der Waals surface area contributed by atoms with Crippen molar-refractivity contribution in [3.05, 3.63) is 12.2 Å². The largest absolute Gasteiger partial charge is 1.00 e. The number of allylic oxidation sites excluding steroid dienone is 2. The molecule has 0 amide bonds. The van der Waals surface area contributed by atoms with Crippen molar-refractivity contribution in [1.29, 1.82) is 0 Å². The third kappa shape index (κ3) is 10.3. The second-order valence-electron chi connectivity index (χ2n) is 2.67. The van der Waals surface area contributed by atoms with Crippen molar-refractivity contribution in [3.8, 4) is 0 Å². The first-order valence-corrected chi connectivity index (χ1v) is 4.80. The minimum Gasteiger partial charge on any atom is -1.00 e. The van der Waals surface area contributed by atoms with Crippen molar-refractivity contribution < 1.29 is 40.9 Å². The minimum atomic E-state index is 0. The Kier molecular flexibility index (Phi) is 15.6. The second-order valence-corrected chi connectivity index (χ2v) is 2.67. The van der Waals surface area contributed by atoms with Gasteiger partial charge >= 0.3 is 29.6 Å². The molecule has 0 atom stereocenters.